The highest BCUT2D eigenvalue weighted by atomic mass is 35.6. The first-order chi connectivity index (χ1) is 22.2. The Morgan fingerprint density at radius 2 is 1.31 bits per heavy atom. The lowest BCUT2D eigenvalue weighted by atomic mass is 9.95. The largest absolute Gasteiger partial charge is 0.463 e. The van der Waals surface area contributed by atoms with Gasteiger partial charge >= 0.3 is 17.9 Å². The van der Waals surface area contributed by atoms with Gasteiger partial charge in [-0.05, 0) is 34.6 Å². The lowest BCUT2D eigenvalue weighted by Gasteiger charge is -2.46. The van der Waals surface area contributed by atoms with Gasteiger partial charge in [-0.1, -0.05) is 34.8 Å². The molecule has 0 aromatic heterocycles. The van der Waals surface area contributed by atoms with Gasteiger partial charge in [-0.2, -0.15) is 0 Å². The van der Waals surface area contributed by atoms with E-state index in [9.17, 15) is 24.0 Å². The third-order valence-electron chi connectivity index (χ3n) is 7.57. The number of ether oxygens (including phenoxy) is 10. The van der Waals surface area contributed by atoms with E-state index in [2.05, 4.69) is 5.32 Å². The van der Waals surface area contributed by atoms with Crippen molar-refractivity contribution in [3.63, 3.8) is 0 Å². The van der Waals surface area contributed by atoms with Gasteiger partial charge in [0.2, 0.25) is 0 Å². The summed E-state index contributed by atoms with van der Waals surface area (Å²) < 4.78 is 56.5. The summed E-state index contributed by atoms with van der Waals surface area (Å²) in [6.07, 6.45) is -9.76. The molecule has 4 saturated heterocycles. The molecule has 0 unspecified atom stereocenters. The van der Waals surface area contributed by atoms with Gasteiger partial charge < -0.3 is 57.5 Å². The second-order valence-electron chi connectivity index (χ2n) is 12.6. The monoisotopic (exact) mass is 747 g/mol. The summed E-state index contributed by atoms with van der Waals surface area (Å²) >= 11 is 17.5. The van der Waals surface area contributed by atoms with Crippen LogP contribution in [0.15, 0.2) is 0 Å². The molecular formula is C29H40Cl3NO15. The van der Waals surface area contributed by atoms with Crippen molar-refractivity contribution < 1.29 is 71.3 Å². The summed E-state index contributed by atoms with van der Waals surface area (Å²) in [5.74, 6) is -5.78. The van der Waals surface area contributed by atoms with Crippen LogP contribution in [0.2, 0.25) is 0 Å². The van der Waals surface area contributed by atoms with Crippen LogP contribution in [-0.2, 0) is 71.3 Å². The van der Waals surface area contributed by atoms with E-state index < -0.39 is 107 Å². The van der Waals surface area contributed by atoms with Gasteiger partial charge in [-0.25, -0.2) is 0 Å². The number of amides is 1. The average Bonchev–Trinajstić information content (AvgIpc) is 3.44. The maximum absolute atomic E-state index is 12.9. The van der Waals surface area contributed by atoms with Gasteiger partial charge in [0.1, 0.15) is 49.0 Å². The second-order valence-corrected chi connectivity index (χ2v) is 14.9. The molecular weight excluding hydrogens is 709 g/mol. The Labute approximate surface area is 291 Å². The standard InChI is InChI=1S/C29H40Cl3NO15/c1-12(34)8-9-17(37)39-10-15-19(41-13(2)35)21(42-14(3)36)18(33-26(38)29(30,31)32)24(43-15)40-11-16-20-22(46-27(4,5)45-20)23-25(44-16)48-28(6,7)47-23/h15-16,18-25H,8-11H2,1-7H3,(H,33,38)/t15-,16-,18-,19-,20+,21-,22+,23-,24-,25-/m1/s1. The minimum absolute atomic E-state index is 0.0649. The smallest absolute Gasteiger partial charge is 0.306 e. The third kappa shape index (κ3) is 9.89. The number of carbonyl (C=O) groups excluding carboxylic acids is 5. The van der Waals surface area contributed by atoms with E-state index in [4.69, 9.17) is 82.2 Å². The molecule has 4 rings (SSSR count). The SMILES string of the molecule is CC(=O)CCC(=O)OC[C@H]1O[C@@H](OC[C@H]2O[C@@H]3OC(C)(C)O[C@@H]3[C@H]3OC(C)(C)O[C@H]32)[C@H](NC(=O)C(Cl)(Cl)Cl)[C@@H](OC(C)=O)[C@@H]1OC(C)=O. The van der Waals surface area contributed by atoms with Crippen LogP contribution in [0.25, 0.3) is 0 Å². The predicted octanol–water partition coefficient (Wildman–Crippen LogP) is 1.76. The maximum Gasteiger partial charge on any atom is 0.306 e. The van der Waals surface area contributed by atoms with Crippen LogP contribution in [0.3, 0.4) is 0 Å². The number of Topliss-reactive ketones (excluding diaryl/α,β-unsaturated/α-hetero) is 1. The Kier molecular flexibility index (Phi) is 12.3. The fourth-order valence-electron chi connectivity index (χ4n) is 5.77. The van der Waals surface area contributed by atoms with Gasteiger partial charge in [-0.15, -0.1) is 0 Å². The molecule has 19 heteroatoms. The highest BCUT2D eigenvalue weighted by Gasteiger charge is 2.61. The number of hydrogen-bond acceptors (Lipinski definition) is 15. The van der Waals surface area contributed by atoms with E-state index in [0.29, 0.717) is 0 Å². The zero-order chi connectivity index (χ0) is 35.8. The first-order valence-corrected chi connectivity index (χ1v) is 16.3. The molecule has 4 heterocycles. The first-order valence-electron chi connectivity index (χ1n) is 15.2. The number of esters is 3. The molecule has 0 aliphatic carbocycles. The molecule has 16 nitrogen and oxygen atoms in total. The lowest BCUT2D eigenvalue weighted by Crippen LogP contribution is -2.68. The van der Waals surface area contributed by atoms with E-state index in [-0.39, 0.29) is 25.2 Å². The maximum atomic E-state index is 12.9. The van der Waals surface area contributed by atoms with Gasteiger partial charge in [0.15, 0.2) is 36.4 Å². The van der Waals surface area contributed by atoms with Gasteiger partial charge in [0.05, 0.1) is 13.0 Å². The molecule has 0 bridgehead atoms. The average molecular weight is 749 g/mol. The zero-order valence-corrected chi connectivity index (χ0v) is 29.6. The van der Waals surface area contributed by atoms with Crippen LogP contribution >= 0.6 is 34.8 Å². The quantitative estimate of drug-likeness (QED) is 0.183. The predicted molar refractivity (Wildman–Crippen MR) is 161 cm³/mol. The summed E-state index contributed by atoms with van der Waals surface area (Å²) in [5.41, 5.74) is 0. The second kappa shape index (κ2) is 15.2. The van der Waals surface area contributed by atoms with Crippen LogP contribution in [0.5, 0.6) is 0 Å². The molecule has 1 amide bonds. The van der Waals surface area contributed by atoms with Gasteiger partial charge in [0, 0.05) is 20.3 Å². The number of nitrogens with one attached hydrogen (secondary N) is 1. The van der Waals surface area contributed by atoms with Gasteiger partial charge in [-0.3, -0.25) is 19.2 Å². The summed E-state index contributed by atoms with van der Waals surface area (Å²) in [4.78, 5) is 61.2. The molecule has 0 aromatic carbocycles. The molecule has 0 aromatic rings. The summed E-state index contributed by atoms with van der Waals surface area (Å²) in [7, 11) is 0. The highest BCUT2D eigenvalue weighted by molar-refractivity contribution is 6.76. The van der Waals surface area contributed by atoms with E-state index in [1.54, 1.807) is 27.7 Å². The molecule has 4 aliphatic rings. The van der Waals surface area contributed by atoms with Crippen molar-refractivity contribution in [1.29, 1.82) is 0 Å². The van der Waals surface area contributed by atoms with Crippen molar-refractivity contribution in [2.75, 3.05) is 13.2 Å². The number of fused-ring (bicyclic) bond motifs is 3. The fraction of sp³-hybridized carbons (Fsp3) is 0.828. The normalized spacial score (nSPS) is 35.1. The molecule has 0 saturated carbocycles. The van der Waals surface area contributed by atoms with Crippen molar-refractivity contribution in [2.45, 2.75) is 138 Å². The van der Waals surface area contributed by atoms with Crippen LogP contribution in [0.4, 0.5) is 0 Å². The Hall–Kier alpha value is -1.86. The molecule has 0 radical (unpaired) electrons. The summed E-state index contributed by atoms with van der Waals surface area (Å²) in [6.45, 7) is 9.59. The zero-order valence-electron chi connectivity index (χ0n) is 27.4. The first kappa shape index (κ1) is 38.9. The van der Waals surface area contributed by atoms with Crippen LogP contribution in [0.1, 0.15) is 61.3 Å². The molecule has 0 spiro atoms. The van der Waals surface area contributed by atoms with E-state index in [1.165, 1.54) is 6.92 Å². The molecule has 1 N–H and O–H groups in total. The van der Waals surface area contributed by atoms with Crippen LogP contribution < -0.4 is 5.32 Å². The van der Waals surface area contributed by atoms with Crippen molar-refractivity contribution in [1.82, 2.24) is 5.32 Å². The highest BCUT2D eigenvalue weighted by Crippen LogP contribution is 2.44. The number of carbonyl (C=O) groups is 5. The molecule has 48 heavy (non-hydrogen) atoms. The number of rotatable bonds is 11. The van der Waals surface area contributed by atoms with E-state index in [0.717, 1.165) is 13.8 Å². The third-order valence-corrected chi connectivity index (χ3v) is 8.09. The number of alkyl halides is 3. The van der Waals surface area contributed by atoms with Crippen molar-refractivity contribution in [3.05, 3.63) is 0 Å². The minimum Gasteiger partial charge on any atom is -0.463 e. The molecule has 10 atom stereocenters. The van der Waals surface area contributed by atoms with E-state index in [1.807, 2.05) is 0 Å². The Morgan fingerprint density at radius 3 is 1.92 bits per heavy atom. The van der Waals surface area contributed by atoms with Crippen molar-refractivity contribution in [3.8, 4) is 0 Å². The summed E-state index contributed by atoms with van der Waals surface area (Å²) in [5, 5.41) is 2.44. The van der Waals surface area contributed by atoms with Crippen molar-refractivity contribution in [2.24, 2.45) is 0 Å². The fourth-order valence-corrected chi connectivity index (χ4v) is 5.94. The number of ketones is 1. The number of hydrogen-bond donors (Lipinski definition) is 1. The molecule has 4 aliphatic heterocycles. The minimum atomic E-state index is -2.48. The van der Waals surface area contributed by atoms with Crippen LogP contribution in [0, 0.1) is 0 Å². The Morgan fingerprint density at radius 1 is 0.729 bits per heavy atom. The number of halogens is 3. The lowest BCUT2D eigenvalue weighted by molar-refractivity contribution is -0.296. The Balaban J connectivity index is 1.63. The van der Waals surface area contributed by atoms with Crippen molar-refractivity contribution >= 4 is 64.4 Å². The topological polar surface area (TPSA) is 190 Å². The molecule has 272 valence electrons. The Bertz CT molecular complexity index is 1240. The van der Waals surface area contributed by atoms with Gasteiger partial charge in [0.25, 0.3) is 9.70 Å². The molecule has 4 fully saturated rings. The van der Waals surface area contributed by atoms with Crippen LogP contribution in [-0.4, -0.2) is 120 Å². The van der Waals surface area contributed by atoms with E-state index >= 15 is 0 Å². The summed E-state index contributed by atoms with van der Waals surface area (Å²) in [6, 6.07) is -1.46.